The lowest BCUT2D eigenvalue weighted by Gasteiger charge is -1.90. The normalized spacial score (nSPS) is 10.0. The second-order valence-electron chi connectivity index (χ2n) is 2.67. The number of hydrogen-bond acceptors (Lipinski definition) is 4. The van der Waals surface area contributed by atoms with E-state index in [4.69, 9.17) is 0 Å². The maximum Gasteiger partial charge on any atom is 0.456 e. The summed E-state index contributed by atoms with van der Waals surface area (Å²) in [5.41, 5.74) is 1.27. The lowest BCUT2D eigenvalue weighted by molar-refractivity contribution is -0.404. The van der Waals surface area contributed by atoms with Crippen LogP contribution in [0.5, 0.6) is 0 Å². The quantitative estimate of drug-likeness (QED) is 0.537. The molecule has 0 saturated heterocycles. The molecule has 0 bridgehead atoms. The van der Waals surface area contributed by atoms with Crippen LogP contribution in [0.3, 0.4) is 0 Å². The van der Waals surface area contributed by atoms with Gasteiger partial charge in [0.15, 0.2) is 0 Å². The second-order valence-corrected chi connectivity index (χ2v) is 2.67. The van der Waals surface area contributed by atoms with Crippen LogP contribution in [0.15, 0.2) is 40.9 Å². The molecule has 0 aliphatic carbocycles. The fourth-order valence-corrected chi connectivity index (χ4v) is 1.10. The molecule has 2 rings (SSSR count). The molecule has 1 heterocycles. The van der Waals surface area contributed by atoms with Gasteiger partial charge in [-0.1, -0.05) is 35.5 Å². The van der Waals surface area contributed by atoms with E-state index in [0.29, 0.717) is 5.69 Å². The molecule has 0 aliphatic heterocycles. The van der Waals surface area contributed by atoms with E-state index in [1.165, 1.54) is 6.07 Å². The van der Waals surface area contributed by atoms with Gasteiger partial charge in [-0.2, -0.15) is 0 Å². The molecule has 0 saturated carbocycles. The van der Waals surface area contributed by atoms with Crippen LogP contribution in [0.4, 0.5) is 5.88 Å². The van der Waals surface area contributed by atoms with Gasteiger partial charge >= 0.3 is 5.88 Å². The van der Waals surface area contributed by atoms with Crippen LogP contribution in [0.2, 0.25) is 0 Å². The highest BCUT2D eigenvalue weighted by atomic mass is 16.7. The van der Waals surface area contributed by atoms with Crippen LogP contribution in [0.25, 0.3) is 11.3 Å². The Hall–Kier alpha value is -2.17. The Morgan fingerprint density at radius 1 is 1.29 bits per heavy atom. The molecule has 0 spiro atoms. The van der Waals surface area contributed by atoms with Crippen LogP contribution >= 0.6 is 0 Å². The van der Waals surface area contributed by atoms with E-state index in [9.17, 15) is 10.1 Å². The van der Waals surface area contributed by atoms with E-state index in [0.717, 1.165) is 5.56 Å². The van der Waals surface area contributed by atoms with E-state index in [1.807, 2.05) is 30.3 Å². The van der Waals surface area contributed by atoms with Crippen LogP contribution in [0, 0.1) is 10.1 Å². The summed E-state index contributed by atoms with van der Waals surface area (Å²) in [5, 5.41) is 13.9. The summed E-state index contributed by atoms with van der Waals surface area (Å²) >= 11 is 0. The third kappa shape index (κ3) is 1.47. The molecule has 0 radical (unpaired) electrons. The molecular weight excluding hydrogens is 184 g/mol. The van der Waals surface area contributed by atoms with Crippen LogP contribution in [-0.4, -0.2) is 10.1 Å². The summed E-state index contributed by atoms with van der Waals surface area (Å²) < 4.78 is 4.53. The molecule has 70 valence electrons. The number of hydrogen-bond donors (Lipinski definition) is 0. The molecule has 5 nitrogen and oxygen atoms in total. The predicted octanol–water partition coefficient (Wildman–Crippen LogP) is 2.25. The Bertz CT molecular complexity index is 450. The standard InChI is InChI=1S/C9H6N2O3/c12-11(13)9-6-8(10-14-9)7-4-2-1-3-5-7/h1-6H. The Morgan fingerprint density at radius 3 is 2.57 bits per heavy atom. The number of rotatable bonds is 2. The van der Waals surface area contributed by atoms with Gasteiger partial charge in [-0.3, -0.25) is 14.6 Å². The molecule has 14 heavy (non-hydrogen) atoms. The van der Waals surface area contributed by atoms with Gasteiger partial charge < -0.3 is 0 Å². The van der Waals surface area contributed by atoms with Crippen molar-refractivity contribution in [3.63, 3.8) is 0 Å². The van der Waals surface area contributed by atoms with Crippen molar-refractivity contribution in [2.45, 2.75) is 0 Å². The highest BCUT2D eigenvalue weighted by Gasteiger charge is 2.14. The van der Waals surface area contributed by atoms with Gasteiger partial charge in [0.05, 0.1) is 6.07 Å². The molecule has 2 aromatic rings. The average Bonchev–Trinajstić information content (AvgIpc) is 2.68. The molecule has 1 aromatic heterocycles. The van der Waals surface area contributed by atoms with Crippen LogP contribution in [-0.2, 0) is 0 Å². The molecule has 0 amide bonds. The minimum atomic E-state index is -0.612. The van der Waals surface area contributed by atoms with Crippen molar-refractivity contribution in [3.05, 3.63) is 46.5 Å². The molecule has 0 atom stereocenters. The Balaban J connectivity index is 2.39. The number of aromatic nitrogens is 1. The molecule has 0 N–H and O–H groups in total. The zero-order valence-electron chi connectivity index (χ0n) is 7.08. The SMILES string of the molecule is O=[N+]([O-])c1cc(-c2ccccc2)no1. The Labute approximate surface area is 79.1 Å². The maximum atomic E-state index is 10.3. The first-order chi connectivity index (χ1) is 6.77. The lowest BCUT2D eigenvalue weighted by atomic mass is 10.2. The first kappa shape index (κ1) is 8.43. The van der Waals surface area contributed by atoms with E-state index >= 15 is 0 Å². The van der Waals surface area contributed by atoms with E-state index in [1.54, 1.807) is 0 Å². The lowest BCUT2D eigenvalue weighted by Crippen LogP contribution is -1.82. The van der Waals surface area contributed by atoms with Gasteiger partial charge in [0.2, 0.25) is 0 Å². The molecule has 1 aromatic carbocycles. The summed E-state index contributed by atoms with van der Waals surface area (Å²) in [6.07, 6.45) is 0. The van der Waals surface area contributed by atoms with Crippen molar-refractivity contribution in [2.75, 3.05) is 0 Å². The molecule has 0 unspecified atom stereocenters. The fraction of sp³-hybridized carbons (Fsp3) is 0. The summed E-state index contributed by atoms with van der Waals surface area (Å²) in [7, 11) is 0. The number of nitrogens with zero attached hydrogens (tertiary/aromatic N) is 2. The van der Waals surface area contributed by atoms with Crippen molar-refractivity contribution >= 4 is 5.88 Å². The van der Waals surface area contributed by atoms with Crippen LogP contribution in [0.1, 0.15) is 0 Å². The van der Waals surface area contributed by atoms with Crippen molar-refractivity contribution in [2.24, 2.45) is 0 Å². The maximum absolute atomic E-state index is 10.3. The smallest absolute Gasteiger partial charge is 0.288 e. The van der Waals surface area contributed by atoms with Gasteiger partial charge in [-0.15, -0.1) is 0 Å². The van der Waals surface area contributed by atoms with Crippen molar-refractivity contribution in [1.82, 2.24) is 5.16 Å². The van der Waals surface area contributed by atoms with Gasteiger partial charge in [-0.25, -0.2) is 0 Å². The highest BCUT2D eigenvalue weighted by molar-refractivity contribution is 5.59. The van der Waals surface area contributed by atoms with Crippen LogP contribution < -0.4 is 0 Å². The number of nitro groups is 1. The average molecular weight is 190 g/mol. The first-order valence-electron chi connectivity index (χ1n) is 3.94. The summed E-state index contributed by atoms with van der Waals surface area (Å²) in [5.74, 6) is -0.344. The Morgan fingerprint density at radius 2 is 2.00 bits per heavy atom. The van der Waals surface area contributed by atoms with Crippen molar-refractivity contribution in [1.29, 1.82) is 0 Å². The molecule has 0 fully saturated rings. The zero-order valence-corrected chi connectivity index (χ0v) is 7.08. The molecule has 5 heteroatoms. The second kappa shape index (κ2) is 3.29. The van der Waals surface area contributed by atoms with E-state index < -0.39 is 4.92 Å². The fourth-order valence-electron chi connectivity index (χ4n) is 1.10. The minimum Gasteiger partial charge on any atom is -0.288 e. The summed E-state index contributed by atoms with van der Waals surface area (Å²) in [6.45, 7) is 0. The largest absolute Gasteiger partial charge is 0.456 e. The Kier molecular flexibility index (Phi) is 1.98. The van der Waals surface area contributed by atoms with E-state index in [2.05, 4.69) is 9.68 Å². The first-order valence-corrected chi connectivity index (χ1v) is 3.94. The summed E-state index contributed by atoms with van der Waals surface area (Å²) in [6, 6.07) is 10.4. The topological polar surface area (TPSA) is 69.2 Å². The van der Waals surface area contributed by atoms with Gasteiger partial charge in [0.1, 0.15) is 10.6 Å². The highest BCUT2D eigenvalue weighted by Crippen LogP contribution is 2.22. The minimum absolute atomic E-state index is 0.344. The molecule has 0 aliphatic rings. The third-order valence-electron chi connectivity index (χ3n) is 1.75. The third-order valence-corrected chi connectivity index (χ3v) is 1.75. The van der Waals surface area contributed by atoms with Crippen molar-refractivity contribution in [3.8, 4) is 11.3 Å². The monoisotopic (exact) mass is 190 g/mol. The number of benzene rings is 1. The zero-order chi connectivity index (χ0) is 9.97. The predicted molar refractivity (Wildman–Crippen MR) is 48.6 cm³/mol. The van der Waals surface area contributed by atoms with E-state index in [-0.39, 0.29) is 5.88 Å². The summed E-state index contributed by atoms with van der Waals surface area (Å²) in [4.78, 5) is 9.71. The van der Waals surface area contributed by atoms with Gasteiger partial charge in [0.25, 0.3) is 0 Å². The van der Waals surface area contributed by atoms with Crippen molar-refractivity contribution < 1.29 is 9.45 Å². The van der Waals surface area contributed by atoms with Gasteiger partial charge in [0, 0.05) is 5.56 Å². The molecular formula is C9H6N2O3. The van der Waals surface area contributed by atoms with Gasteiger partial charge in [-0.05, 0) is 0 Å².